The number of carbonyl (C=O) groups excluding carboxylic acids is 1. The van der Waals surface area contributed by atoms with Gasteiger partial charge in [0.15, 0.2) is 5.13 Å². The molecule has 0 radical (unpaired) electrons. The van der Waals surface area contributed by atoms with Crippen molar-refractivity contribution in [3.63, 3.8) is 0 Å². The lowest BCUT2D eigenvalue weighted by Crippen LogP contribution is -2.26. The zero-order valence-corrected chi connectivity index (χ0v) is 15.7. The Bertz CT molecular complexity index is 858. The normalized spacial score (nSPS) is 14.6. The molecule has 1 aliphatic rings. The molecule has 8 heteroatoms. The third-order valence-electron chi connectivity index (χ3n) is 4.40. The fourth-order valence-corrected chi connectivity index (χ4v) is 4.01. The largest absolute Gasteiger partial charge is 0.317 e. The fourth-order valence-electron chi connectivity index (χ4n) is 3.03. The number of aromatic nitrogens is 3. The highest BCUT2D eigenvalue weighted by atomic mass is 35.5. The van der Waals surface area contributed by atoms with Gasteiger partial charge in [0.25, 0.3) is 5.91 Å². The Hall–Kier alpha value is -2.22. The maximum Gasteiger partial charge on any atom is 0.257 e. The first-order valence-electron chi connectivity index (χ1n) is 8.36. The first-order chi connectivity index (χ1) is 12.3. The van der Waals surface area contributed by atoms with Crippen LogP contribution in [0.25, 0.3) is 5.69 Å². The highest BCUT2D eigenvalue weighted by Crippen LogP contribution is 2.31. The molecule has 0 bridgehead atoms. The van der Waals surface area contributed by atoms with Crippen LogP contribution in [-0.2, 0) is 0 Å². The molecule has 0 atom stereocenters. The van der Waals surface area contributed by atoms with E-state index in [2.05, 4.69) is 20.6 Å². The molecule has 1 fully saturated rings. The van der Waals surface area contributed by atoms with Crippen LogP contribution in [0.15, 0.2) is 49.2 Å². The number of amides is 1. The highest BCUT2D eigenvalue weighted by molar-refractivity contribution is 7.15. The van der Waals surface area contributed by atoms with Crippen molar-refractivity contribution in [3.8, 4) is 5.69 Å². The summed E-state index contributed by atoms with van der Waals surface area (Å²) in [5.74, 6) is 0.405. The predicted molar refractivity (Wildman–Crippen MR) is 106 cm³/mol. The molecule has 0 unspecified atom stereocenters. The molecule has 1 amide bonds. The molecule has 1 saturated heterocycles. The Kier molecular flexibility index (Phi) is 6.03. The van der Waals surface area contributed by atoms with Crippen molar-refractivity contribution in [2.24, 2.45) is 0 Å². The van der Waals surface area contributed by atoms with Gasteiger partial charge in [-0.15, -0.1) is 23.7 Å². The third-order valence-corrected chi connectivity index (χ3v) is 5.47. The Balaban J connectivity index is 0.00000196. The summed E-state index contributed by atoms with van der Waals surface area (Å²) < 4.78 is 1.87. The summed E-state index contributed by atoms with van der Waals surface area (Å²) in [6.07, 6.45) is 9.43. The monoisotopic (exact) mass is 389 g/mol. The molecule has 6 nitrogen and oxygen atoms in total. The Morgan fingerprint density at radius 1 is 1.31 bits per heavy atom. The third kappa shape index (κ3) is 4.12. The number of halogens is 1. The van der Waals surface area contributed by atoms with Crippen LogP contribution in [0.1, 0.15) is 34.0 Å². The Morgan fingerprint density at radius 2 is 2.15 bits per heavy atom. The van der Waals surface area contributed by atoms with E-state index in [1.54, 1.807) is 29.9 Å². The van der Waals surface area contributed by atoms with Gasteiger partial charge in [0.05, 0.1) is 6.33 Å². The van der Waals surface area contributed by atoms with E-state index in [-0.39, 0.29) is 18.3 Å². The van der Waals surface area contributed by atoms with Crippen molar-refractivity contribution >= 4 is 34.8 Å². The summed E-state index contributed by atoms with van der Waals surface area (Å²) >= 11 is 1.58. The van der Waals surface area contributed by atoms with Crippen LogP contribution in [-0.4, -0.2) is 33.5 Å². The van der Waals surface area contributed by atoms with Crippen molar-refractivity contribution in [1.29, 1.82) is 0 Å². The molecule has 3 aromatic rings. The summed E-state index contributed by atoms with van der Waals surface area (Å²) in [5.41, 5.74) is 1.50. The summed E-state index contributed by atoms with van der Waals surface area (Å²) in [6, 6.07) is 7.46. The topological polar surface area (TPSA) is 71.8 Å². The number of imidazole rings is 1. The molecule has 1 aliphatic heterocycles. The molecule has 0 spiro atoms. The second kappa shape index (κ2) is 8.44. The smallest absolute Gasteiger partial charge is 0.257 e. The minimum Gasteiger partial charge on any atom is -0.317 e. The zero-order chi connectivity index (χ0) is 17.1. The summed E-state index contributed by atoms with van der Waals surface area (Å²) in [7, 11) is 0. The molecular weight excluding hydrogens is 370 g/mol. The summed E-state index contributed by atoms with van der Waals surface area (Å²) in [5, 5.41) is 6.95. The molecular formula is C18H20ClN5OS. The molecule has 2 N–H and O–H groups in total. The first-order valence-corrected chi connectivity index (χ1v) is 9.17. The van der Waals surface area contributed by atoms with Crippen molar-refractivity contribution in [2.45, 2.75) is 18.8 Å². The van der Waals surface area contributed by atoms with Crippen LogP contribution in [0, 0.1) is 0 Å². The number of piperidine rings is 1. The average molecular weight is 390 g/mol. The highest BCUT2D eigenvalue weighted by Gasteiger charge is 2.18. The lowest BCUT2D eigenvalue weighted by atomic mass is 9.97. The Morgan fingerprint density at radius 3 is 2.92 bits per heavy atom. The second-order valence-corrected chi connectivity index (χ2v) is 7.13. The summed E-state index contributed by atoms with van der Waals surface area (Å²) in [6.45, 7) is 2.09. The van der Waals surface area contributed by atoms with Gasteiger partial charge < -0.3 is 9.88 Å². The summed E-state index contributed by atoms with van der Waals surface area (Å²) in [4.78, 5) is 22.2. The molecule has 26 heavy (non-hydrogen) atoms. The van der Waals surface area contributed by atoms with Gasteiger partial charge in [0, 0.05) is 34.7 Å². The molecule has 4 rings (SSSR count). The van der Waals surface area contributed by atoms with Gasteiger partial charge in [0.2, 0.25) is 0 Å². The molecule has 3 heterocycles. The molecule has 1 aromatic carbocycles. The van der Waals surface area contributed by atoms with E-state index in [0.717, 1.165) is 31.6 Å². The van der Waals surface area contributed by atoms with Crippen LogP contribution >= 0.6 is 23.7 Å². The SMILES string of the molecule is Cl.O=C(Nc1ncc(C2CCNCC2)s1)c1cccc(-n2ccnc2)c1. The standard InChI is InChI=1S/C18H19N5OS.ClH/c24-17(14-2-1-3-15(10-14)23-9-8-20-12-23)22-18-21-11-16(25-18)13-4-6-19-7-5-13;/h1-3,8-13,19H,4-7H2,(H,21,22,24);1H. The number of hydrogen-bond acceptors (Lipinski definition) is 5. The van der Waals surface area contributed by atoms with Gasteiger partial charge in [-0.2, -0.15) is 0 Å². The zero-order valence-electron chi connectivity index (χ0n) is 14.1. The maximum atomic E-state index is 12.5. The maximum absolute atomic E-state index is 12.5. The van der Waals surface area contributed by atoms with E-state index in [0.29, 0.717) is 16.6 Å². The van der Waals surface area contributed by atoms with Gasteiger partial charge in [-0.3, -0.25) is 10.1 Å². The fraction of sp³-hybridized carbons (Fsp3) is 0.278. The number of nitrogens with one attached hydrogen (secondary N) is 2. The lowest BCUT2D eigenvalue weighted by molar-refractivity contribution is 0.102. The van der Waals surface area contributed by atoms with Crippen LogP contribution in [0.3, 0.4) is 0 Å². The van der Waals surface area contributed by atoms with E-state index < -0.39 is 0 Å². The van der Waals surface area contributed by atoms with Gasteiger partial charge in [-0.1, -0.05) is 6.07 Å². The van der Waals surface area contributed by atoms with E-state index in [1.165, 1.54) is 4.88 Å². The number of benzene rings is 1. The van der Waals surface area contributed by atoms with Crippen molar-refractivity contribution in [1.82, 2.24) is 19.9 Å². The number of anilines is 1. The molecule has 136 valence electrons. The van der Waals surface area contributed by atoms with Crippen molar-refractivity contribution in [2.75, 3.05) is 18.4 Å². The van der Waals surface area contributed by atoms with Crippen LogP contribution in [0.2, 0.25) is 0 Å². The van der Waals surface area contributed by atoms with Crippen molar-refractivity contribution < 1.29 is 4.79 Å². The predicted octanol–water partition coefficient (Wildman–Crippen LogP) is 3.47. The minimum atomic E-state index is -0.145. The number of hydrogen-bond donors (Lipinski definition) is 2. The van der Waals surface area contributed by atoms with E-state index in [9.17, 15) is 4.79 Å². The van der Waals surface area contributed by atoms with Crippen LogP contribution in [0.4, 0.5) is 5.13 Å². The van der Waals surface area contributed by atoms with Crippen LogP contribution in [0.5, 0.6) is 0 Å². The van der Waals surface area contributed by atoms with Gasteiger partial charge in [-0.05, 0) is 50.0 Å². The van der Waals surface area contributed by atoms with Gasteiger partial charge in [0.1, 0.15) is 0 Å². The Labute approximate surface area is 162 Å². The quantitative estimate of drug-likeness (QED) is 0.716. The second-order valence-electron chi connectivity index (χ2n) is 6.07. The minimum absolute atomic E-state index is 0. The lowest BCUT2D eigenvalue weighted by Gasteiger charge is -2.20. The van der Waals surface area contributed by atoms with Crippen molar-refractivity contribution in [3.05, 3.63) is 59.6 Å². The average Bonchev–Trinajstić information content (AvgIpc) is 3.35. The first kappa shape index (κ1) is 18.6. The molecule has 2 aromatic heterocycles. The van der Waals surface area contributed by atoms with Gasteiger partial charge >= 0.3 is 0 Å². The molecule has 0 aliphatic carbocycles. The number of rotatable bonds is 4. The van der Waals surface area contributed by atoms with E-state index in [1.807, 2.05) is 35.2 Å². The number of thiazole rings is 1. The molecule has 0 saturated carbocycles. The number of carbonyl (C=O) groups is 1. The van der Waals surface area contributed by atoms with Gasteiger partial charge in [-0.25, -0.2) is 9.97 Å². The van der Waals surface area contributed by atoms with E-state index in [4.69, 9.17) is 0 Å². The van der Waals surface area contributed by atoms with Crippen LogP contribution < -0.4 is 10.6 Å². The van der Waals surface area contributed by atoms with E-state index >= 15 is 0 Å². The number of nitrogens with zero attached hydrogens (tertiary/aromatic N) is 3.